The van der Waals surface area contributed by atoms with Gasteiger partial charge < -0.3 is 5.32 Å². The van der Waals surface area contributed by atoms with Gasteiger partial charge in [0.2, 0.25) is 0 Å². The largest absolute Gasteiger partial charge is 0.316 e. The van der Waals surface area contributed by atoms with Gasteiger partial charge in [0, 0.05) is 25.7 Å². The van der Waals surface area contributed by atoms with Crippen LogP contribution in [0.4, 0.5) is 0 Å². The van der Waals surface area contributed by atoms with Gasteiger partial charge in [-0.3, -0.25) is 5.10 Å². The molecule has 7 heteroatoms. The molecule has 6 nitrogen and oxygen atoms in total. The average Bonchev–Trinajstić information content (AvgIpc) is 2.78. The molecule has 104 valence electrons. The van der Waals surface area contributed by atoms with Gasteiger partial charge in [-0.25, -0.2) is 8.42 Å². The summed E-state index contributed by atoms with van der Waals surface area (Å²) in [6.45, 7) is 3.11. The van der Waals surface area contributed by atoms with Crippen molar-refractivity contribution in [2.45, 2.75) is 37.8 Å². The fraction of sp³-hybridized carbons (Fsp3) is 0.727. The van der Waals surface area contributed by atoms with Gasteiger partial charge >= 0.3 is 0 Å². The Morgan fingerprint density at radius 3 is 2.78 bits per heavy atom. The summed E-state index contributed by atoms with van der Waals surface area (Å²) < 4.78 is 26.0. The second kappa shape index (κ2) is 6.86. The summed E-state index contributed by atoms with van der Waals surface area (Å²) in [6.07, 6.45) is 4.53. The molecule has 0 saturated carbocycles. The molecule has 1 aromatic heterocycles. The fourth-order valence-corrected chi connectivity index (χ4v) is 3.00. The molecule has 1 heterocycles. The van der Waals surface area contributed by atoms with E-state index in [1.165, 1.54) is 4.31 Å². The number of aromatic nitrogens is 2. The summed E-state index contributed by atoms with van der Waals surface area (Å²) in [7, 11) is -0.0754. The predicted octanol–water partition coefficient (Wildman–Crippen LogP) is 0.940. The van der Waals surface area contributed by atoms with Crippen LogP contribution in [0, 0.1) is 0 Å². The minimum atomic E-state index is -3.45. The van der Waals surface area contributed by atoms with E-state index in [1.807, 2.05) is 0 Å². The van der Waals surface area contributed by atoms with Gasteiger partial charge in [0.05, 0.1) is 6.20 Å². The van der Waals surface area contributed by atoms with E-state index in [0.717, 1.165) is 19.3 Å². The molecule has 0 aliphatic carbocycles. The van der Waals surface area contributed by atoms with Crippen molar-refractivity contribution in [3.8, 4) is 0 Å². The van der Waals surface area contributed by atoms with Crippen LogP contribution >= 0.6 is 0 Å². The van der Waals surface area contributed by atoms with E-state index in [0.29, 0.717) is 18.7 Å². The van der Waals surface area contributed by atoms with E-state index in [2.05, 4.69) is 22.4 Å². The summed E-state index contributed by atoms with van der Waals surface area (Å²) in [5.74, 6) is 0. The van der Waals surface area contributed by atoms with Crippen LogP contribution in [0.2, 0.25) is 0 Å². The summed E-state index contributed by atoms with van der Waals surface area (Å²) in [5.41, 5.74) is 0.667. The van der Waals surface area contributed by atoms with Crippen LogP contribution in [-0.2, 0) is 16.6 Å². The number of rotatable bonds is 8. The molecule has 0 aliphatic rings. The molecule has 0 atom stereocenters. The van der Waals surface area contributed by atoms with Crippen LogP contribution in [0.5, 0.6) is 0 Å². The lowest BCUT2D eigenvalue weighted by molar-refractivity contribution is 0.451. The zero-order valence-corrected chi connectivity index (χ0v) is 12.0. The second-order valence-electron chi connectivity index (χ2n) is 4.29. The monoisotopic (exact) mass is 274 g/mol. The maximum Gasteiger partial charge on any atom is 0.260 e. The first-order valence-corrected chi connectivity index (χ1v) is 7.61. The van der Waals surface area contributed by atoms with Crippen LogP contribution in [0.25, 0.3) is 0 Å². The number of aromatic amines is 1. The first-order chi connectivity index (χ1) is 8.54. The molecule has 0 aliphatic heterocycles. The molecule has 1 aromatic rings. The van der Waals surface area contributed by atoms with Gasteiger partial charge in [0.15, 0.2) is 5.03 Å². The Hall–Kier alpha value is -0.920. The molecule has 0 fully saturated rings. The van der Waals surface area contributed by atoms with Gasteiger partial charge in [0.1, 0.15) is 0 Å². The normalized spacial score (nSPS) is 12.2. The third-order valence-corrected chi connectivity index (χ3v) is 4.66. The number of H-pyrrole nitrogens is 1. The summed E-state index contributed by atoms with van der Waals surface area (Å²) >= 11 is 0. The number of nitrogens with one attached hydrogen (secondary N) is 2. The van der Waals surface area contributed by atoms with Crippen molar-refractivity contribution in [3.63, 3.8) is 0 Å². The molecule has 18 heavy (non-hydrogen) atoms. The third kappa shape index (κ3) is 3.54. The van der Waals surface area contributed by atoms with E-state index in [4.69, 9.17) is 0 Å². The van der Waals surface area contributed by atoms with Gasteiger partial charge in [-0.1, -0.05) is 19.8 Å². The minimum absolute atomic E-state index is 0.191. The molecular weight excluding hydrogens is 252 g/mol. The molecular formula is C11H22N4O2S. The average molecular weight is 274 g/mol. The summed E-state index contributed by atoms with van der Waals surface area (Å²) in [5, 5.41) is 9.52. The Morgan fingerprint density at radius 1 is 1.44 bits per heavy atom. The Kier molecular flexibility index (Phi) is 5.77. The van der Waals surface area contributed by atoms with Crippen molar-refractivity contribution in [2.24, 2.45) is 0 Å². The maximum atomic E-state index is 12.3. The Balaban J connectivity index is 2.81. The molecule has 0 aromatic carbocycles. The van der Waals surface area contributed by atoms with E-state index >= 15 is 0 Å². The van der Waals surface area contributed by atoms with E-state index < -0.39 is 10.0 Å². The van der Waals surface area contributed by atoms with Gasteiger partial charge in [-0.05, 0) is 13.5 Å². The van der Waals surface area contributed by atoms with Crippen LogP contribution in [0.15, 0.2) is 11.2 Å². The van der Waals surface area contributed by atoms with Gasteiger partial charge in [0.25, 0.3) is 10.0 Å². The molecule has 0 amide bonds. The first-order valence-electron chi connectivity index (χ1n) is 6.17. The zero-order chi connectivity index (χ0) is 13.6. The third-order valence-electron chi connectivity index (χ3n) is 2.79. The van der Waals surface area contributed by atoms with Crippen molar-refractivity contribution < 1.29 is 8.42 Å². The Bertz CT molecular complexity index is 455. The fourth-order valence-electron chi connectivity index (χ4n) is 1.70. The maximum absolute atomic E-state index is 12.3. The number of unbranched alkanes of at least 4 members (excludes halogenated alkanes) is 2. The molecule has 0 bridgehead atoms. The number of nitrogens with zero attached hydrogens (tertiary/aromatic N) is 2. The second-order valence-corrected chi connectivity index (χ2v) is 6.27. The lowest BCUT2D eigenvalue weighted by Crippen LogP contribution is -2.29. The highest BCUT2D eigenvalue weighted by Crippen LogP contribution is 2.16. The number of hydrogen-bond donors (Lipinski definition) is 2. The molecule has 2 N–H and O–H groups in total. The van der Waals surface area contributed by atoms with Crippen molar-refractivity contribution in [3.05, 3.63) is 11.8 Å². The zero-order valence-electron chi connectivity index (χ0n) is 11.2. The molecule has 0 saturated heterocycles. The van der Waals surface area contributed by atoms with Crippen LogP contribution < -0.4 is 5.32 Å². The van der Waals surface area contributed by atoms with Crippen molar-refractivity contribution in [1.82, 2.24) is 19.8 Å². The minimum Gasteiger partial charge on any atom is -0.316 e. The predicted molar refractivity (Wildman–Crippen MR) is 70.7 cm³/mol. The molecule has 1 rings (SSSR count). The standard InChI is InChI=1S/C11H22N4O2S/c1-4-5-6-7-15(3)18(16,17)11-10(8-12-2)9-13-14-11/h9,12H,4-8H2,1-3H3,(H,13,14). The Morgan fingerprint density at radius 2 is 2.17 bits per heavy atom. The van der Waals surface area contributed by atoms with Crippen molar-refractivity contribution in [2.75, 3.05) is 20.6 Å². The van der Waals surface area contributed by atoms with Crippen LogP contribution in [0.3, 0.4) is 0 Å². The smallest absolute Gasteiger partial charge is 0.260 e. The highest BCUT2D eigenvalue weighted by atomic mass is 32.2. The van der Waals surface area contributed by atoms with E-state index in [-0.39, 0.29) is 5.03 Å². The van der Waals surface area contributed by atoms with Crippen molar-refractivity contribution >= 4 is 10.0 Å². The topological polar surface area (TPSA) is 78.1 Å². The van der Waals surface area contributed by atoms with Crippen molar-refractivity contribution in [1.29, 1.82) is 0 Å². The van der Waals surface area contributed by atoms with Crippen LogP contribution in [0.1, 0.15) is 31.7 Å². The summed E-state index contributed by atoms with van der Waals surface area (Å²) in [6, 6.07) is 0. The lowest BCUT2D eigenvalue weighted by Gasteiger charge is -2.16. The number of hydrogen-bond acceptors (Lipinski definition) is 4. The molecule has 0 unspecified atom stereocenters. The SMILES string of the molecule is CCCCCN(C)S(=O)(=O)c1[nH]ncc1CNC. The highest BCUT2D eigenvalue weighted by Gasteiger charge is 2.25. The van der Waals surface area contributed by atoms with Crippen LogP contribution in [-0.4, -0.2) is 43.6 Å². The van der Waals surface area contributed by atoms with Gasteiger partial charge in [-0.15, -0.1) is 0 Å². The number of sulfonamides is 1. The first kappa shape index (κ1) is 15.1. The van der Waals surface area contributed by atoms with E-state index in [9.17, 15) is 8.42 Å². The highest BCUT2D eigenvalue weighted by molar-refractivity contribution is 7.89. The van der Waals surface area contributed by atoms with Gasteiger partial charge in [-0.2, -0.15) is 9.40 Å². The van der Waals surface area contributed by atoms with E-state index in [1.54, 1.807) is 20.3 Å². The molecule has 0 spiro atoms. The molecule has 0 radical (unpaired) electrons. The summed E-state index contributed by atoms with van der Waals surface area (Å²) in [4.78, 5) is 0. The lowest BCUT2D eigenvalue weighted by atomic mass is 10.2. The Labute approximate surface area is 109 Å². The quantitative estimate of drug-likeness (QED) is 0.692.